The highest BCUT2D eigenvalue weighted by atomic mass is 16.2. The van der Waals surface area contributed by atoms with Crippen molar-refractivity contribution < 1.29 is 9.59 Å². The third-order valence-corrected chi connectivity index (χ3v) is 5.25. The highest BCUT2D eigenvalue weighted by Crippen LogP contribution is 2.33. The lowest BCUT2D eigenvalue weighted by Gasteiger charge is -2.25. The molecule has 1 aliphatic carbocycles. The molecule has 0 spiro atoms. The first kappa shape index (κ1) is 20.4. The lowest BCUT2D eigenvalue weighted by Crippen LogP contribution is -2.41. The van der Waals surface area contributed by atoms with Crippen molar-refractivity contribution in [2.75, 3.05) is 20.1 Å². The Morgan fingerprint density at radius 1 is 1.00 bits per heavy atom. The van der Waals surface area contributed by atoms with Crippen molar-refractivity contribution in [3.8, 4) is 0 Å². The molecule has 144 valence electrons. The van der Waals surface area contributed by atoms with Crippen molar-refractivity contribution in [2.24, 2.45) is 5.92 Å². The summed E-state index contributed by atoms with van der Waals surface area (Å²) in [6, 6.07) is 9.03. The SMILES string of the molecule is CNC(=O)CNC(=O)CN[C@H](c1ccc(C2CCCCC2)cc1)C(C)C. The molecule has 5 nitrogen and oxygen atoms in total. The van der Waals surface area contributed by atoms with Gasteiger partial charge in [0.15, 0.2) is 0 Å². The predicted molar refractivity (Wildman–Crippen MR) is 105 cm³/mol. The summed E-state index contributed by atoms with van der Waals surface area (Å²) in [6.45, 7) is 4.51. The molecule has 5 heteroatoms. The van der Waals surface area contributed by atoms with Gasteiger partial charge in [0.05, 0.1) is 13.1 Å². The summed E-state index contributed by atoms with van der Waals surface area (Å²) in [4.78, 5) is 23.1. The van der Waals surface area contributed by atoms with Crippen molar-refractivity contribution >= 4 is 11.8 Å². The highest BCUT2D eigenvalue weighted by Gasteiger charge is 2.19. The summed E-state index contributed by atoms with van der Waals surface area (Å²) in [5.74, 6) is 0.705. The zero-order chi connectivity index (χ0) is 18.9. The minimum absolute atomic E-state index is 0.0133. The second kappa shape index (κ2) is 10.3. The monoisotopic (exact) mass is 359 g/mol. The van der Waals surface area contributed by atoms with Gasteiger partial charge in [-0.15, -0.1) is 0 Å². The molecule has 1 aliphatic rings. The lowest BCUT2D eigenvalue weighted by molar-refractivity contribution is -0.125. The van der Waals surface area contributed by atoms with Gasteiger partial charge in [-0.2, -0.15) is 0 Å². The summed E-state index contributed by atoms with van der Waals surface area (Å²) in [7, 11) is 1.55. The average Bonchev–Trinajstić information content (AvgIpc) is 2.67. The van der Waals surface area contributed by atoms with Crippen LogP contribution in [0.4, 0.5) is 0 Å². The van der Waals surface area contributed by atoms with E-state index >= 15 is 0 Å². The third kappa shape index (κ3) is 6.13. The number of benzene rings is 1. The van der Waals surface area contributed by atoms with Crippen LogP contribution in [0.5, 0.6) is 0 Å². The van der Waals surface area contributed by atoms with E-state index < -0.39 is 0 Å². The molecule has 3 N–H and O–H groups in total. The van der Waals surface area contributed by atoms with Crippen LogP contribution in [0.15, 0.2) is 24.3 Å². The average molecular weight is 360 g/mol. The molecule has 2 amide bonds. The van der Waals surface area contributed by atoms with Gasteiger partial charge in [0.25, 0.3) is 0 Å². The van der Waals surface area contributed by atoms with Crippen molar-refractivity contribution in [3.05, 3.63) is 35.4 Å². The van der Waals surface area contributed by atoms with Crippen LogP contribution >= 0.6 is 0 Å². The molecule has 0 heterocycles. The molecular weight excluding hydrogens is 326 g/mol. The summed E-state index contributed by atoms with van der Waals surface area (Å²) in [5.41, 5.74) is 2.65. The first-order valence-corrected chi connectivity index (χ1v) is 9.81. The number of carbonyl (C=O) groups excluding carboxylic acids is 2. The molecule has 0 aromatic heterocycles. The molecule has 1 saturated carbocycles. The number of carbonyl (C=O) groups is 2. The Hall–Kier alpha value is -1.88. The first-order chi connectivity index (χ1) is 12.5. The maximum absolute atomic E-state index is 11.9. The maximum atomic E-state index is 11.9. The third-order valence-electron chi connectivity index (χ3n) is 5.25. The Kier molecular flexibility index (Phi) is 8.10. The minimum atomic E-state index is -0.197. The molecule has 0 bridgehead atoms. The number of rotatable bonds is 8. The van der Waals surface area contributed by atoms with Crippen LogP contribution < -0.4 is 16.0 Å². The van der Waals surface area contributed by atoms with Crippen LogP contribution in [-0.2, 0) is 9.59 Å². The number of nitrogens with one attached hydrogen (secondary N) is 3. The molecule has 0 radical (unpaired) electrons. The second-order valence-corrected chi connectivity index (χ2v) is 7.55. The normalized spacial score (nSPS) is 16.3. The van der Waals surface area contributed by atoms with Gasteiger partial charge in [0, 0.05) is 13.1 Å². The van der Waals surface area contributed by atoms with Gasteiger partial charge in [0.1, 0.15) is 0 Å². The van der Waals surface area contributed by atoms with E-state index in [1.54, 1.807) is 7.05 Å². The van der Waals surface area contributed by atoms with Crippen molar-refractivity contribution in [1.29, 1.82) is 0 Å². The second-order valence-electron chi connectivity index (χ2n) is 7.55. The van der Waals surface area contributed by atoms with E-state index in [2.05, 4.69) is 54.1 Å². The lowest BCUT2D eigenvalue weighted by atomic mass is 9.83. The fourth-order valence-electron chi connectivity index (χ4n) is 3.68. The molecular formula is C21H33N3O2. The number of hydrogen-bond donors (Lipinski definition) is 3. The highest BCUT2D eigenvalue weighted by molar-refractivity contribution is 5.85. The van der Waals surface area contributed by atoms with Crippen LogP contribution in [-0.4, -0.2) is 32.0 Å². The summed E-state index contributed by atoms with van der Waals surface area (Å²) in [6.07, 6.45) is 6.66. The molecule has 2 rings (SSSR count). The molecule has 1 atom stereocenters. The fourth-order valence-corrected chi connectivity index (χ4v) is 3.68. The Balaban J connectivity index is 1.91. The van der Waals surface area contributed by atoms with Crippen molar-refractivity contribution in [2.45, 2.75) is 57.9 Å². The number of amides is 2. The van der Waals surface area contributed by atoms with Crippen LogP contribution in [0.2, 0.25) is 0 Å². The Morgan fingerprint density at radius 2 is 1.65 bits per heavy atom. The van der Waals surface area contributed by atoms with Crippen LogP contribution in [0.3, 0.4) is 0 Å². The van der Waals surface area contributed by atoms with Crippen LogP contribution in [0, 0.1) is 5.92 Å². The maximum Gasteiger partial charge on any atom is 0.239 e. The number of likely N-dealkylation sites (N-methyl/N-ethyl adjacent to an activating group) is 1. The van der Waals surface area contributed by atoms with Crippen LogP contribution in [0.25, 0.3) is 0 Å². The van der Waals surface area contributed by atoms with Gasteiger partial charge >= 0.3 is 0 Å². The Bertz CT molecular complexity index is 577. The Morgan fingerprint density at radius 3 is 2.23 bits per heavy atom. The molecule has 0 unspecified atom stereocenters. The molecule has 26 heavy (non-hydrogen) atoms. The molecule has 1 aromatic rings. The molecule has 1 aromatic carbocycles. The van der Waals surface area contributed by atoms with Crippen LogP contribution in [0.1, 0.15) is 69.0 Å². The molecule has 0 saturated heterocycles. The molecule has 1 fully saturated rings. The van der Waals surface area contributed by atoms with Gasteiger partial charge in [0.2, 0.25) is 11.8 Å². The topological polar surface area (TPSA) is 70.2 Å². The smallest absolute Gasteiger partial charge is 0.239 e. The Labute approximate surface area is 157 Å². The van der Waals surface area contributed by atoms with Gasteiger partial charge in [-0.25, -0.2) is 0 Å². The predicted octanol–water partition coefficient (Wildman–Crippen LogP) is 2.88. The fraction of sp³-hybridized carbons (Fsp3) is 0.619. The van der Waals surface area contributed by atoms with Gasteiger partial charge in [-0.05, 0) is 35.8 Å². The van der Waals surface area contributed by atoms with Gasteiger partial charge in [-0.3, -0.25) is 9.59 Å². The van der Waals surface area contributed by atoms with E-state index in [1.807, 2.05) is 0 Å². The largest absolute Gasteiger partial charge is 0.358 e. The van der Waals surface area contributed by atoms with Gasteiger partial charge < -0.3 is 16.0 Å². The summed E-state index contributed by atoms with van der Waals surface area (Å²) in [5, 5.41) is 8.44. The molecule has 0 aliphatic heterocycles. The zero-order valence-corrected chi connectivity index (χ0v) is 16.3. The standard InChI is InChI=1S/C21H33N3O2/c1-15(2)21(24-14-20(26)23-13-19(25)22-3)18-11-9-17(10-12-18)16-7-5-4-6-8-16/h9-12,15-16,21,24H,4-8,13-14H2,1-3H3,(H,22,25)(H,23,26)/t21-/m0/s1. The van der Waals surface area contributed by atoms with E-state index in [-0.39, 0.29) is 30.9 Å². The summed E-state index contributed by atoms with van der Waals surface area (Å²) >= 11 is 0. The van der Waals surface area contributed by atoms with Crippen molar-refractivity contribution in [3.63, 3.8) is 0 Å². The van der Waals surface area contributed by atoms with E-state index in [0.717, 1.165) is 0 Å². The van der Waals surface area contributed by atoms with E-state index in [1.165, 1.54) is 43.2 Å². The minimum Gasteiger partial charge on any atom is -0.358 e. The van der Waals surface area contributed by atoms with E-state index in [4.69, 9.17) is 0 Å². The van der Waals surface area contributed by atoms with E-state index in [0.29, 0.717) is 11.8 Å². The zero-order valence-electron chi connectivity index (χ0n) is 16.3. The van der Waals surface area contributed by atoms with Gasteiger partial charge in [-0.1, -0.05) is 57.4 Å². The number of hydrogen-bond acceptors (Lipinski definition) is 3. The van der Waals surface area contributed by atoms with E-state index in [9.17, 15) is 9.59 Å². The summed E-state index contributed by atoms with van der Waals surface area (Å²) < 4.78 is 0. The first-order valence-electron chi connectivity index (χ1n) is 9.81. The van der Waals surface area contributed by atoms with Crippen molar-refractivity contribution in [1.82, 2.24) is 16.0 Å². The quantitative estimate of drug-likeness (QED) is 0.668.